The maximum atomic E-state index is 12.3. The minimum Gasteiger partial charge on any atom is -0.490 e. The van der Waals surface area contributed by atoms with Crippen LogP contribution in [-0.2, 0) is 11.4 Å². The lowest BCUT2D eigenvalue weighted by atomic mass is 10.1. The Morgan fingerprint density at radius 2 is 1.97 bits per heavy atom. The first-order chi connectivity index (χ1) is 14.8. The predicted octanol–water partition coefficient (Wildman–Crippen LogP) is 5.39. The number of benzene rings is 2. The molecule has 1 aliphatic rings. The molecule has 0 N–H and O–H groups in total. The highest BCUT2D eigenvalue weighted by atomic mass is 79.9. The zero-order valence-electron chi connectivity index (χ0n) is 16.8. The second-order valence-corrected chi connectivity index (χ2v) is 8.25. The Hall–Kier alpha value is -2.85. The van der Waals surface area contributed by atoms with Crippen LogP contribution in [0.15, 0.2) is 45.8 Å². The van der Waals surface area contributed by atoms with Crippen LogP contribution in [0.25, 0.3) is 6.08 Å². The molecule has 31 heavy (non-hydrogen) atoms. The lowest BCUT2D eigenvalue weighted by molar-refractivity contribution is -0.384. The van der Waals surface area contributed by atoms with Gasteiger partial charge in [-0.25, -0.2) is 0 Å². The SMILES string of the molecule is CCOc1cc(/C=C2/SC(=O)N(CC)C2=O)cc(Br)c1OCc1cccc([N+](=O)[O-])c1. The summed E-state index contributed by atoms with van der Waals surface area (Å²) >= 11 is 4.37. The number of hydrogen-bond acceptors (Lipinski definition) is 7. The van der Waals surface area contributed by atoms with Gasteiger partial charge < -0.3 is 9.47 Å². The monoisotopic (exact) mass is 506 g/mol. The Kier molecular flexibility index (Phi) is 7.34. The number of ether oxygens (including phenoxy) is 2. The minimum atomic E-state index is -0.458. The van der Waals surface area contributed by atoms with Crippen molar-refractivity contribution >= 4 is 50.6 Å². The van der Waals surface area contributed by atoms with E-state index >= 15 is 0 Å². The van der Waals surface area contributed by atoms with E-state index in [-0.39, 0.29) is 23.4 Å². The fourth-order valence-electron chi connectivity index (χ4n) is 2.91. The molecule has 0 saturated carbocycles. The molecule has 2 aromatic rings. The van der Waals surface area contributed by atoms with Crippen molar-refractivity contribution in [2.75, 3.05) is 13.2 Å². The van der Waals surface area contributed by atoms with Crippen molar-refractivity contribution in [3.05, 3.63) is 67.0 Å². The lowest BCUT2D eigenvalue weighted by Crippen LogP contribution is -2.27. The molecule has 1 saturated heterocycles. The zero-order valence-corrected chi connectivity index (χ0v) is 19.2. The van der Waals surface area contributed by atoms with E-state index in [9.17, 15) is 19.7 Å². The molecule has 0 unspecified atom stereocenters. The van der Waals surface area contributed by atoms with Gasteiger partial charge in [-0.1, -0.05) is 12.1 Å². The van der Waals surface area contributed by atoms with Crippen molar-refractivity contribution in [1.82, 2.24) is 4.90 Å². The number of likely N-dealkylation sites (N-methyl/N-ethyl adjacent to an activating group) is 1. The zero-order chi connectivity index (χ0) is 22.5. The summed E-state index contributed by atoms with van der Waals surface area (Å²) < 4.78 is 12.2. The van der Waals surface area contributed by atoms with Crippen LogP contribution in [0.3, 0.4) is 0 Å². The molecule has 2 amide bonds. The number of amides is 2. The average Bonchev–Trinajstić information content (AvgIpc) is 3.00. The van der Waals surface area contributed by atoms with Crippen LogP contribution in [0.1, 0.15) is 25.0 Å². The van der Waals surface area contributed by atoms with Gasteiger partial charge in [0.25, 0.3) is 16.8 Å². The summed E-state index contributed by atoms with van der Waals surface area (Å²) in [6.07, 6.45) is 1.64. The van der Waals surface area contributed by atoms with Crippen molar-refractivity contribution in [2.24, 2.45) is 0 Å². The van der Waals surface area contributed by atoms with Gasteiger partial charge in [-0.15, -0.1) is 0 Å². The molecule has 0 radical (unpaired) electrons. The maximum Gasteiger partial charge on any atom is 0.293 e. The summed E-state index contributed by atoms with van der Waals surface area (Å²) in [7, 11) is 0. The number of rotatable bonds is 8. The van der Waals surface area contributed by atoms with Crippen LogP contribution in [0.5, 0.6) is 11.5 Å². The first-order valence-corrected chi connectivity index (χ1v) is 11.0. The van der Waals surface area contributed by atoms with Crippen LogP contribution in [0.2, 0.25) is 0 Å². The normalized spacial score (nSPS) is 14.9. The minimum absolute atomic E-state index is 0.0124. The van der Waals surface area contributed by atoms with Crippen LogP contribution >= 0.6 is 27.7 Å². The fraction of sp³-hybridized carbons (Fsp3) is 0.238. The van der Waals surface area contributed by atoms with E-state index in [4.69, 9.17) is 9.47 Å². The van der Waals surface area contributed by atoms with Crippen LogP contribution in [0.4, 0.5) is 10.5 Å². The van der Waals surface area contributed by atoms with Gasteiger partial charge in [0, 0.05) is 18.7 Å². The molecule has 3 rings (SSSR count). The summed E-state index contributed by atoms with van der Waals surface area (Å²) in [5, 5.41) is 10.7. The number of halogens is 1. The molecule has 0 spiro atoms. The van der Waals surface area contributed by atoms with Gasteiger partial charge in [0.05, 0.1) is 20.9 Å². The van der Waals surface area contributed by atoms with Crippen molar-refractivity contribution in [2.45, 2.75) is 20.5 Å². The third-order valence-electron chi connectivity index (χ3n) is 4.32. The summed E-state index contributed by atoms with van der Waals surface area (Å²) in [6, 6.07) is 9.68. The van der Waals surface area contributed by atoms with E-state index < -0.39 is 4.92 Å². The Bertz CT molecular complexity index is 1070. The summed E-state index contributed by atoms with van der Waals surface area (Å²) in [6.45, 7) is 4.39. The largest absolute Gasteiger partial charge is 0.490 e. The fourth-order valence-corrected chi connectivity index (χ4v) is 4.39. The van der Waals surface area contributed by atoms with Gasteiger partial charge in [-0.2, -0.15) is 0 Å². The highest BCUT2D eigenvalue weighted by Crippen LogP contribution is 2.39. The quantitative estimate of drug-likeness (QED) is 0.268. The Morgan fingerprint density at radius 1 is 1.19 bits per heavy atom. The number of imide groups is 1. The molecule has 0 bridgehead atoms. The Labute approximate surface area is 191 Å². The second kappa shape index (κ2) is 9.97. The number of carbonyl (C=O) groups excluding carboxylic acids is 2. The van der Waals surface area contributed by atoms with Crippen LogP contribution < -0.4 is 9.47 Å². The topological polar surface area (TPSA) is 99.0 Å². The first-order valence-electron chi connectivity index (χ1n) is 9.41. The van der Waals surface area contributed by atoms with E-state index in [1.807, 2.05) is 6.92 Å². The molecule has 2 aromatic carbocycles. The van der Waals surface area contributed by atoms with Gasteiger partial charge in [-0.3, -0.25) is 24.6 Å². The molecule has 8 nitrogen and oxygen atoms in total. The molecule has 1 fully saturated rings. The molecule has 0 aliphatic carbocycles. The maximum absolute atomic E-state index is 12.3. The lowest BCUT2D eigenvalue weighted by Gasteiger charge is -2.15. The smallest absolute Gasteiger partial charge is 0.293 e. The number of non-ortho nitro benzene ring substituents is 1. The van der Waals surface area contributed by atoms with Gasteiger partial charge >= 0.3 is 0 Å². The molecule has 0 aromatic heterocycles. The summed E-state index contributed by atoms with van der Waals surface area (Å²) in [4.78, 5) is 36.3. The number of hydrogen-bond donors (Lipinski definition) is 0. The van der Waals surface area contributed by atoms with E-state index in [0.717, 1.165) is 11.8 Å². The standard InChI is InChI=1S/C21H19BrN2O6S/c1-3-23-20(25)18(31-21(23)26)11-14-9-16(22)19(17(10-14)29-4-2)30-12-13-6-5-7-15(8-13)24(27)28/h5-11H,3-4,12H2,1-2H3/b18-11+. The van der Waals surface area contributed by atoms with Crippen molar-refractivity contribution in [3.63, 3.8) is 0 Å². The Morgan fingerprint density at radius 3 is 2.61 bits per heavy atom. The predicted molar refractivity (Wildman–Crippen MR) is 121 cm³/mol. The molecule has 1 aliphatic heterocycles. The molecular formula is C21H19BrN2O6S. The third-order valence-corrected chi connectivity index (χ3v) is 5.82. The summed E-state index contributed by atoms with van der Waals surface area (Å²) in [5.41, 5.74) is 1.29. The first kappa shape index (κ1) is 22.8. The summed E-state index contributed by atoms with van der Waals surface area (Å²) in [5.74, 6) is 0.563. The Balaban J connectivity index is 1.86. The second-order valence-electron chi connectivity index (χ2n) is 6.40. The molecule has 0 atom stereocenters. The van der Waals surface area contributed by atoms with Crippen molar-refractivity contribution < 1.29 is 24.0 Å². The van der Waals surface area contributed by atoms with Crippen LogP contribution in [0, 0.1) is 10.1 Å². The highest BCUT2D eigenvalue weighted by Gasteiger charge is 2.33. The third kappa shape index (κ3) is 5.26. The number of carbonyl (C=O) groups is 2. The van der Waals surface area contributed by atoms with Gasteiger partial charge in [-0.05, 0) is 70.9 Å². The van der Waals surface area contributed by atoms with Crippen molar-refractivity contribution in [3.8, 4) is 11.5 Å². The van der Waals surface area contributed by atoms with Gasteiger partial charge in [0.1, 0.15) is 6.61 Å². The number of thioether (sulfide) groups is 1. The van der Waals surface area contributed by atoms with E-state index in [1.165, 1.54) is 17.0 Å². The molecule has 162 valence electrons. The van der Waals surface area contributed by atoms with E-state index in [2.05, 4.69) is 15.9 Å². The number of nitro groups is 1. The number of nitrogens with zero attached hydrogens (tertiary/aromatic N) is 2. The van der Waals surface area contributed by atoms with Crippen molar-refractivity contribution in [1.29, 1.82) is 0 Å². The van der Waals surface area contributed by atoms with E-state index in [1.54, 1.807) is 37.3 Å². The van der Waals surface area contributed by atoms with Gasteiger partial charge in [0.15, 0.2) is 11.5 Å². The van der Waals surface area contributed by atoms with E-state index in [0.29, 0.717) is 45.2 Å². The average molecular weight is 507 g/mol. The number of nitro benzene ring substituents is 1. The van der Waals surface area contributed by atoms with Crippen LogP contribution in [-0.4, -0.2) is 34.1 Å². The molecule has 10 heteroatoms. The van der Waals surface area contributed by atoms with Gasteiger partial charge in [0.2, 0.25) is 0 Å². The molecular weight excluding hydrogens is 488 g/mol. The molecule has 1 heterocycles. The highest BCUT2D eigenvalue weighted by molar-refractivity contribution is 9.10.